The van der Waals surface area contributed by atoms with Crippen LogP contribution in [0.5, 0.6) is 0 Å². The minimum Gasteiger partial charge on any atom is -0.383 e. The van der Waals surface area contributed by atoms with Gasteiger partial charge in [0.2, 0.25) is 0 Å². The molecule has 0 amide bonds. The fourth-order valence-corrected chi connectivity index (χ4v) is 3.80. The molecular weight excluding hydrogens is 250 g/mol. The molecule has 0 aromatic heterocycles. The monoisotopic (exact) mass is 275 g/mol. The van der Waals surface area contributed by atoms with Crippen LogP contribution >= 0.6 is 11.8 Å². The van der Waals surface area contributed by atoms with E-state index in [4.69, 9.17) is 0 Å². The van der Waals surface area contributed by atoms with Gasteiger partial charge in [-0.2, -0.15) is 0 Å². The van der Waals surface area contributed by atoms with Crippen molar-refractivity contribution in [2.45, 2.75) is 61.6 Å². The Hall–Kier alpha value is -0.890. The van der Waals surface area contributed by atoms with Gasteiger partial charge < -0.3 is 5.32 Å². The molecule has 1 aromatic rings. The van der Waals surface area contributed by atoms with E-state index in [1.807, 2.05) is 6.08 Å². The van der Waals surface area contributed by atoms with E-state index in [-0.39, 0.29) is 0 Å². The van der Waals surface area contributed by atoms with Gasteiger partial charge in [-0.3, -0.25) is 0 Å². The van der Waals surface area contributed by atoms with E-state index in [0.29, 0.717) is 6.04 Å². The summed E-state index contributed by atoms with van der Waals surface area (Å²) >= 11 is 2.05. The molecule has 19 heavy (non-hydrogen) atoms. The van der Waals surface area contributed by atoms with Crippen molar-refractivity contribution in [1.29, 1.82) is 0 Å². The maximum Gasteiger partial charge on any atom is 0.0342 e. The first-order valence-electron chi connectivity index (χ1n) is 7.42. The Bertz CT molecular complexity index is 379. The molecule has 2 heteroatoms. The van der Waals surface area contributed by atoms with E-state index in [1.165, 1.54) is 36.3 Å². The molecule has 2 rings (SSSR count). The third-order valence-electron chi connectivity index (χ3n) is 3.68. The standard InChI is InChI=1S/C17H25NS/c1-3-4-7-14(2)18-15-10-12-17(13-11-15)19-16-8-5-6-9-16/h3,10-14,16,18H,1,4-9H2,2H3. The third kappa shape index (κ3) is 4.94. The van der Waals surface area contributed by atoms with Crippen LogP contribution < -0.4 is 5.32 Å². The summed E-state index contributed by atoms with van der Waals surface area (Å²) in [7, 11) is 0. The van der Waals surface area contributed by atoms with Gasteiger partial charge >= 0.3 is 0 Å². The molecule has 1 aliphatic rings. The van der Waals surface area contributed by atoms with Crippen LogP contribution in [0.1, 0.15) is 45.4 Å². The predicted molar refractivity (Wildman–Crippen MR) is 87.1 cm³/mol. The highest BCUT2D eigenvalue weighted by atomic mass is 32.2. The number of benzene rings is 1. The SMILES string of the molecule is C=CCCC(C)Nc1ccc(SC2CCCC2)cc1. The van der Waals surface area contributed by atoms with Crippen LogP contribution in [0.15, 0.2) is 41.8 Å². The van der Waals surface area contributed by atoms with Crippen molar-refractivity contribution >= 4 is 17.4 Å². The minimum atomic E-state index is 0.506. The predicted octanol–water partition coefficient (Wildman–Crippen LogP) is 5.49. The zero-order chi connectivity index (χ0) is 13.5. The lowest BCUT2D eigenvalue weighted by atomic mass is 10.1. The van der Waals surface area contributed by atoms with Crippen LogP contribution in [-0.4, -0.2) is 11.3 Å². The Kier molecular flexibility index (Phi) is 5.84. The first-order chi connectivity index (χ1) is 9.28. The second-order valence-electron chi connectivity index (χ2n) is 5.46. The summed E-state index contributed by atoms with van der Waals surface area (Å²) in [5, 5.41) is 4.39. The van der Waals surface area contributed by atoms with Crippen molar-refractivity contribution in [3.05, 3.63) is 36.9 Å². The molecule has 1 fully saturated rings. The van der Waals surface area contributed by atoms with Gasteiger partial charge in [0.05, 0.1) is 0 Å². The fourth-order valence-electron chi connectivity index (χ4n) is 2.55. The number of hydrogen-bond donors (Lipinski definition) is 1. The highest BCUT2D eigenvalue weighted by molar-refractivity contribution is 8.00. The maximum absolute atomic E-state index is 3.77. The second kappa shape index (κ2) is 7.64. The molecule has 1 aromatic carbocycles. The summed E-state index contributed by atoms with van der Waals surface area (Å²) in [6, 6.07) is 9.44. The molecule has 0 spiro atoms. The van der Waals surface area contributed by atoms with Crippen molar-refractivity contribution in [3.8, 4) is 0 Å². The minimum absolute atomic E-state index is 0.506. The molecule has 0 heterocycles. The van der Waals surface area contributed by atoms with Crippen LogP contribution in [0, 0.1) is 0 Å². The van der Waals surface area contributed by atoms with Gasteiger partial charge in [-0.1, -0.05) is 18.9 Å². The number of thioether (sulfide) groups is 1. The van der Waals surface area contributed by atoms with Gasteiger partial charge in [-0.05, 0) is 56.9 Å². The molecule has 104 valence electrons. The highest BCUT2D eigenvalue weighted by Gasteiger charge is 2.15. The number of rotatable bonds is 7. The largest absolute Gasteiger partial charge is 0.383 e. The third-order valence-corrected chi connectivity index (χ3v) is 5.03. The van der Waals surface area contributed by atoms with Gasteiger partial charge in [0.15, 0.2) is 0 Å². The summed E-state index contributed by atoms with van der Waals surface area (Å²) in [4.78, 5) is 1.41. The van der Waals surface area contributed by atoms with Crippen LogP contribution in [0.4, 0.5) is 5.69 Å². The van der Waals surface area contributed by atoms with Crippen molar-refractivity contribution in [2.24, 2.45) is 0 Å². The summed E-state index contributed by atoms with van der Waals surface area (Å²) in [5.41, 5.74) is 1.23. The second-order valence-corrected chi connectivity index (χ2v) is 6.83. The zero-order valence-corrected chi connectivity index (χ0v) is 12.7. The van der Waals surface area contributed by atoms with Crippen molar-refractivity contribution < 1.29 is 0 Å². The summed E-state index contributed by atoms with van der Waals surface area (Å²) in [6.07, 6.45) is 9.81. The molecular formula is C17H25NS. The molecule has 0 saturated heterocycles. The Morgan fingerprint density at radius 3 is 2.63 bits per heavy atom. The Morgan fingerprint density at radius 1 is 1.32 bits per heavy atom. The smallest absolute Gasteiger partial charge is 0.0342 e. The van der Waals surface area contributed by atoms with Crippen LogP contribution in [0.2, 0.25) is 0 Å². The van der Waals surface area contributed by atoms with E-state index in [9.17, 15) is 0 Å². The average Bonchev–Trinajstić information content (AvgIpc) is 2.91. The average molecular weight is 275 g/mol. The topological polar surface area (TPSA) is 12.0 Å². The van der Waals surface area contributed by atoms with Crippen LogP contribution in [-0.2, 0) is 0 Å². The first kappa shape index (κ1) is 14.5. The Morgan fingerprint density at radius 2 is 2.00 bits per heavy atom. The fraction of sp³-hybridized carbons (Fsp3) is 0.529. The zero-order valence-electron chi connectivity index (χ0n) is 11.9. The summed E-state index contributed by atoms with van der Waals surface area (Å²) < 4.78 is 0. The van der Waals surface area contributed by atoms with Crippen molar-refractivity contribution in [3.63, 3.8) is 0 Å². The molecule has 1 atom stereocenters. The molecule has 1 aliphatic carbocycles. The number of nitrogens with one attached hydrogen (secondary N) is 1. The lowest BCUT2D eigenvalue weighted by molar-refractivity contribution is 0.719. The molecule has 1 N–H and O–H groups in total. The van der Waals surface area contributed by atoms with Gasteiger partial charge in [0, 0.05) is 21.9 Å². The van der Waals surface area contributed by atoms with Gasteiger partial charge in [-0.15, -0.1) is 18.3 Å². The molecule has 0 aliphatic heterocycles. The van der Waals surface area contributed by atoms with E-state index in [2.05, 4.69) is 54.8 Å². The Balaban J connectivity index is 1.81. The number of allylic oxidation sites excluding steroid dienone is 1. The lowest BCUT2D eigenvalue weighted by Crippen LogP contribution is -2.14. The van der Waals surface area contributed by atoms with Crippen LogP contribution in [0.25, 0.3) is 0 Å². The first-order valence-corrected chi connectivity index (χ1v) is 8.30. The van der Waals surface area contributed by atoms with Crippen molar-refractivity contribution in [2.75, 3.05) is 5.32 Å². The Labute approximate surface area is 121 Å². The highest BCUT2D eigenvalue weighted by Crippen LogP contribution is 2.34. The van der Waals surface area contributed by atoms with E-state index >= 15 is 0 Å². The van der Waals surface area contributed by atoms with Crippen molar-refractivity contribution in [1.82, 2.24) is 0 Å². The molecule has 0 radical (unpaired) electrons. The van der Waals surface area contributed by atoms with E-state index in [0.717, 1.165) is 18.1 Å². The van der Waals surface area contributed by atoms with E-state index < -0.39 is 0 Å². The number of anilines is 1. The van der Waals surface area contributed by atoms with Gasteiger partial charge in [-0.25, -0.2) is 0 Å². The lowest BCUT2D eigenvalue weighted by Gasteiger charge is -2.15. The van der Waals surface area contributed by atoms with Gasteiger partial charge in [0.25, 0.3) is 0 Å². The summed E-state index contributed by atoms with van der Waals surface area (Å²) in [6.45, 7) is 6.00. The molecule has 1 nitrogen and oxygen atoms in total. The summed E-state index contributed by atoms with van der Waals surface area (Å²) in [5.74, 6) is 0. The maximum atomic E-state index is 3.77. The molecule has 1 saturated carbocycles. The van der Waals surface area contributed by atoms with E-state index in [1.54, 1.807) is 0 Å². The van der Waals surface area contributed by atoms with Gasteiger partial charge in [0.1, 0.15) is 0 Å². The number of hydrogen-bond acceptors (Lipinski definition) is 2. The molecule has 0 bridgehead atoms. The van der Waals surface area contributed by atoms with Crippen LogP contribution in [0.3, 0.4) is 0 Å². The molecule has 1 unspecified atom stereocenters. The normalized spacial score (nSPS) is 17.3. The quantitative estimate of drug-likeness (QED) is 0.660.